The van der Waals surface area contributed by atoms with Gasteiger partial charge in [0.05, 0.1) is 11.2 Å². The Balaban J connectivity index is 1.40. The molecule has 1 saturated carbocycles. The van der Waals surface area contributed by atoms with Crippen molar-refractivity contribution in [2.24, 2.45) is 0 Å². The van der Waals surface area contributed by atoms with Crippen molar-refractivity contribution in [2.75, 3.05) is 39.3 Å². The van der Waals surface area contributed by atoms with Gasteiger partial charge in [-0.2, -0.15) is 0 Å². The van der Waals surface area contributed by atoms with Gasteiger partial charge in [0.1, 0.15) is 0 Å². The normalized spacial score (nSPS) is 30.8. The predicted octanol–water partition coefficient (Wildman–Crippen LogP) is 2.95. The van der Waals surface area contributed by atoms with E-state index in [1.54, 1.807) is 0 Å². The van der Waals surface area contributed by atoms with Crippen LogP contribution >= 0.6 is 0 Å². The number of ether oxygens (including phenoxy) is 1. The van der Waals surface area contributed by atoms with Gasteiger partial charge in [-0.1, -0.05) is 37.3 Å². The summed E-state index contributed by atoms with van der Waals surface area (Å²) in [5.74, 6) is 0. The van der Waals surface area contributed by atoms with E-state index in [2.05, 4.69) is 47.1 Å². The maximum atomic E-state index is 6.74. The van der Waals surface area contributed by atoms with E-state index in [1.165, 1.54) is 37.8 Å². The van der Waals surface area contributed by atoms with Gasteiger partial charge in [0.2, 0.25) is 0 Å². The molecule has 0 radical (unpaired) electrons. The van der Waals surface area contributed by atoms with Gasteiger partial charge in [-0.05, 0) is 50.8 Å². The van der Waals surface area contributed by atoms with Crippen LogP contribution in [0.25, 0.3) is 0 Å². The standard InChI is InChI=1S/C20H30N2O/c1-2-21-15-19(11-12-19)23-20(16-21)10-6-13-22(17-20)14-9-18-7-4-3-5-8-18/h3-5,7-8H,2,6,9-17H2,1H3. The van der Waals surface area contributed by atoms with Gasteiger partial charge in [-0.15, -0.1) is 0 Å². The Morgan fingerprint density at radius 2 is 1.70 bits per heavy atom. The maximum Gasteiger partial charge on any atom is 0.0943 e. The van der Waals surface area contributed by atoms with Crippen molar-refractivity contribution >= 4 is 0 Å². The minimum absolute atomic E-state index is 0.0969. The fourth-order valence-electron chi connectivity index (χ4n) is 4.54. The summed E-state index contributed by atoms with van der Waals surface area (Å²) in [6.07, 6.45) is 6.22. The van der Waals surface area contributed by atoms with Crippen LogP contribution in [0, 0.1) is 0 Å². The fraction of sp³-hybridized carbons (Fsp3) is 0.700. The smallest absolute Gasteiger partial charge is 0.0943 e. The number of likely N-dealkylation sites (tertiary alicyclic amines) is 1. The Bertz CT molecular complexity index is 528. The van der Waals surface area contributed by atoms with Crippen molar-refractivity contribution < 1.29 is 4.74 Å². The first kappa shape index (κ1) is 15.6. The molecule has 2 spiro atoms. The van der Waals surface area contributed by atoms with Crippen molar-refractivity contribution in [3.8, 4) is 0 Å². The topological polar surface area (TPSA) is 15.7 Å². The second-order valence-corrected chi connectivity index (χ2v) is 7.89. The van der Waals surface area contributed by atoms with Gasteiger partial charge in [0.15, 0.2) is 0 Å². The molecule has 4 rings (SSSR count). The molecule has 0 N–H and O–H groups in total. The molecular formula is C20H30N2O. The number of benzene rings is 1. The van der Waals surface area contributed by atoms with Crippen molar-refractivity contribution in [2.45, 2.75) is 50.2 Å². The number of piperidine rings is 1. The summed E-state index contributed by atoms with van der Waals surface area (Å²) >= 11 is 0. The predicted molar refractivity (Wildman–Crippen MR) is 93.7 cm³/mol. The lowest BCUT2D eigenvalue weighted by Crippen LogP contribution is -2.63. The molecule has 1 atom stereocenters. The van der Waals surface area contributed by atoms with Crippen molar-refractivity contribution in [3.05, 3.63) is 35.9 Å². The molecule has 3 nitrogen and oxygen atoms in total. The van der Waals surface area contributed by atoms with Crippen LogP contribution in [0.1, 0.15) is 38.2 Å². The third kappa shape index (κ3) is 3.47. The Kier molecular flexibility index (Phi) is 4.21. The van der Waals surface area contributed by atoms with Crippen molar-refractivity contribution in [3.63, 3.8) is 0 Å². The van der Waals surface area contributed by atoms with E-state index in [1.807, 2.05) is 0 Å². The molecule has 0 bridgehead atoms. The van der Waals surface area contributed by atoms with Crippen LogP contribution in [0.5, 0.6) is 0 Å². The summed E-state index contributed by atoms with van der Waals surface area (Å²) in [6.45, 7) is 9.27. The molecule has 1 aromatic rings. The largest absolute Gasteiger partial charge is 0.365 e. The highest BCUT2D eigenvalue weighted by Crippen LogP contribution is 2.48. The van der Waals surface area contributed by atoms with Crippen LogP contribution in [-0.4, -0.2) is 60.3 Å². The molecule has 0 amide bonds. The first-order valence-corrected chi connectivity index (χ1v) is 9.40. The van der Waals surface area contributed by atoms with Crippen LogP contribution in [0.4, 0.5) is 0 Å². The number of hydrogen-bond acceptors (Lipinski definition) is 3. The van der Waals surface area contributed by atoms with Crippen LogP contribution in [0.3, 0.4) is 0 Å². The lowest BCUT2D eigenvalue weighted by Gasteiger charge is -2.51. The second-order valence-electron chi connectivity index (χ2n) is 7.89. The number of nitrogens with zero attached hydrogens (tertiary/aromatic N) is 2. The number of morpholine rings is 1. The molecule has 23 heavy (non-hydrogen) atoms. The van der Waals surface area contributed by atoms with Gasteiger partial charge >= 0.3 is 0 Å². The third-order valence-electron chi connectivity index (χ3n) is 5.89. The molecule has 3 fully saturated rings. The first-order valence-electron chi connectivity index (χ1n) is 9.40. The summed E-state index contributed by atoms with van der Waals surface area (Å²) in [6, 6.07) is 10.9. The molecule has 2 aliphatic heterocycles. The molecule has 2 saturated heterocycles. The van der Waals surface area contributed by atoms with Crippen molar-refractivity contribution in [1.29, 1.82) is 0 Å². The average molecular weight is 314 g/mol. The fourth-order valence-corrected chi connectivity index (χ4v) is 4.54. The van der Waals surface area contributed by atoms with E-state index in [-0.39, 0.29) is 11.2 Å². The lowest BCUT2D eigenvalue weighted by atomic mass is 9.89. The van der Waals surface area contributed by atoms with E-state index >= 15 is 0 Å². The van der Waals surface area contributed by atoms with E-state index in [0.717, 1.165) is 39.1 Å². The molecule has 1 aromatic carbocycles. The molecule has 3 heteroatoms. The van der Waals surface area contributed by atoms with E-state index in [4.69, 9.17) is 4.74 Å². The van der Waals surface area contributed by atoms with Gasteiger partial charge in [0, 0.05) is 26.2 Å². The monoisotopic (exact) mass is 314 g/mol. The molecule has 1 aliphatic carbocycles. The first-order chi connectivity index (χ1) is 11.2. The maximum absolute atomic E-state index is 6.74. The Labute approximate surface area is 140 Å². The minimum atomic E-state index is 0.0969. The Hall–Kier alpha value is -0.900. The summed E-state index contributed by atoms with van der Waals surface area (Å²) in [5, 5.41) is 0. The summed E-state index contributed by atoms with van der Waals surface area (Å²) in [7, 11) is 0. The molecule has 2 heterocycles. The number of hydrogen-bond donors (Lipinski definition) is 0. The second kappa shape index (κ2) is 6.19. The zero-order valence-electron chi connectivity index (χ0n) is 14.5. The molecule has 1 unspecified atom stereocenters. The van der Waals surface area contributed by atoms with E-state index < -0.39 is 0 Å². The lowest BCUT2D eigenvalue weighted by molar-refractivity contribution is -0.190. The molecule has 126 valence electrons. The summed E-state index contributed by atoms with van der Waals surface area (Å²) < 4.78 is 6.74. The molecular weight excluding hydrogens is 284 g/mol. The zero-order chi connectivity index (χ0) is 15.8. The van der Waals surface area contributed by atoms with Crippen molar-refractivity contribution in [1.82, 2.24) is 9.80 Å². The van der Waals surface area contributed by atoms with Crippen LogP contribution < -0.4 is 0 Å². The van der Waals surface area contributed by atoms with Gasteiger partial charge in [-0.25, -0.2) is 0 Å². The quantitative estimate of drug-likeness (QED) is 0.850. The Morgan fingerprint density at radius 3 is 2.43 bits per heavy atom. The summed E-state index contributed by atoms with van der Waals surface area (Å²) in [4.78, 5) is 5.28. The number of likely N-dealkylation sites (N-methyl/N-ethyl adjacent to an activating group) is 1. The van der Waals surface area contributed by atoms with E-state index in [0.29, 0.717) is 0 Å². The Morgan fingerprint density at radius 1 is 0.957 bits per heavy atom. The SMILES string of the molecule is CCN1CC2(CC2)OC2(CCCN(CCc3ccccc3)C2)C1. The van der Waals surface area contributed by atoms with Crippen LogP contribution in [0.2, 0.25) is 0 Å². The van der Waals surface area contributed by atoms with Gasteiger partial charge < -0.3 is 9.64 Å². The molecule has 0 aromatic heterocycles. The van der Waals surface area contributed by atoms with Crippen LogP contribution in [0.15, 0.2) is 30.3 Å². The highest BCUT2D eigenvalue weighted by molar-refractivity contribution is 5.15. The minimum Gasteiger partial charge on any atom is -0.365 e. The number of rotatable bonds is 4. The average Bonchev–Trinajstić information content (AvgIpc) is 3.31. The third-order valence-corrected chi connectivity index (χ3v) is 5.89. The summed E-state index contributed by atoms with van der Waals surface area (Å²) in [5.41, 5.74) is 1.77. The highest BCUT2D eigenvalue weighted by atomic mass is 16.5. The van der Waals surface area contributed by atoms with Crippen LogP contribution in [-0.2, 0) is 11.2 Å². The van der Waals surface area contributed by atoms with Gasteiger partial charge in [0.25, 0.3) is 0 Å². The molecule has 3 aliphatic rings. The van der Waals surface area contributed by atoms with E-state index in [9.17, 15) is 0 Å². The zero-order valence-corrected chi connectivity index (χ0v) is 14.5. The van der Waals surface area contributed by atoms with Gasteiger partial charge in [-0.3, -0.25) is 4.90 Å². The highest BCUT2D eigenvalue weighted by Gasteiger charge is 2.55.